The van der Waals surface area contributed by atoms with E-state index in [-0.39, 0.29) is 10.7 Å². The molecule has 0 heterocycles. The molecule has 0 aromatic heterocycles. The van der Waals surface area contributed by atoms with Gasteiger partial charge >= 0.3 is 0 Å². The van der Waals surface area contributed by atoms with Crippen molar-refractivity contribution in [2.24, 2.45) is 0 Å². The van der Waals surface area contributed by atoms with Gasteiger partial charge in [-0.05, 0) is 18.6 Å². The monoisotopic (exact) mass is 221 g/mol. The van der Waals surface area contributed by atoms with Gasteiger partial charge < -0.3 is 5.73 Å². The van der Waals surface area contributed by atoms with E-state index < -0.39 is 15.0 Å². The Labute approximate surface area is 81.1 Å². The number of anilines is 1. The molecule has 13 heavy (non-hydrogen) atoms. The molecule has 4 nitrogen and oxygen atoms in total. The van der Waals surface area contributed by atoms with E-state index in [0.717, 1.165) is 0 Å². The van der Waals surface area contributed by atoms with Gasteiger partial charge in [-0.3, -0.25) is 4.55 Å². The average molecular weight is 222 g/mol. The van der Waals surface area contributed by atoms with Crippen molar-refractivity contribution in [2.75, 3.05) is 5.73 Å². The van der Waals surface area contributed by atoms with Crippen LogP contribution in [0.2, 0.25) is 5.02 Å². The summed E-state index contributed by atoms with van der Waals surface area (Å²) in [5.41, 5.74) is 5.98. The number of benzene rings is 1. The topological polar surface area (TPSA) is 80.4 Å². The van der Waals surface area contributed by atoms with Gasteiger partial charge in [0.1, 0.15) is 4.90 Å². The second-order valence-corrected chi connectivity index (χ2v) is 4.35. The van der Waals surface area contributed by atoms with Crippen molar-refractivity contribution in [1.82, 2.24) is 0 Å². The third kappa shape index (κ3) is 1.93. The van der Waals surface area contributed by atoms with Crippen molar-refractivity contribution in [3.05, 3.63) is 22.7 Å². The first-order valence-electron chi connectivity index (χ1n) is 3.36. The van der Waals surface area contributed by atoms with Crippen molar-refractivity contribution in [3.8, 4) is 0 Å². The lowest BCUT2D eigenvalue weighted by atomic mass is 10.2. The molecule has 0 spiro atoms. The minimum Gasteiger partial charge on any atom is -0.397 e. The van der Waals surface area contributed by atoms with Crippen molar-refractivity contribution in [3.63, 3.8) is 0 Å². The zero-order valence-electron chi connectivity index (χ0n) is 6.78. The second-order valence-electron chi connectivity index (χ2n) is 2.58. The molecular weight excluding hydrogens is 214 g/mol. The molecule has 3 N–H and O–H groups in total. The number of aryl methyl sites for hydroxylation is 1. The van der Waals surface area contributed by atoms with E-state index >= 15 is 0 Å². The van der Waals surface area contributed by atoms with Gasteiger partial charge in [0, 0.05) is 0 Å². The van der Waals surface area contributed by atoms with Gasteiger partial charge in [0.05, 0.1) is 10.7 Å². The van der Waals surface area contributed by atoms with Gasteiger partial charge in [-0.2, -0.15) is 8.42 Å². The van der Waals surface area contributed by atoms with Gasteiger partial charge in [0.15, 0.2) is 0 Å². The molecule has 1 aromatic carbocycles. The maximum absolute atomic E-state index is 10.8. The number of halogens is 1. The zero-order chi connectivity index (χ0) is 10.2. The van der Waals surface area contributed by atoms with Crippen LogP contribution in [0.25, 0.3) is 0 Å². The van der Waals surface area contributed by atoms with Gasteiger partial charge in [0.25, 0.3) is 10.1 Å². The smallest absolute Gasteiger partial charge is 0.298 e. The number of rotatable bonds is 1. The number of hydrogen-bond donors (Lipinski definition) is 2. The van der Waals surface area contributed by atoms with Crippen molar-refractivity contribution in [2.45, 2.75) is 11.8 Å². The predicted molar refractivity (Wildman–Crippen MR) is 50.4 cm³/mol. The van der Waals surface area contributed by atoms with Crippen LogP contribution in [0.5, 0.6) is 0 Å². The highest BCUT2D eigenvalue weighted by Gasteiger charge is 2.19. The van der Waals surface area contributed by atoms with E-state index in [0.29, 0.717) is 5.56 Å². The Morgan fingerprint density at radius 2 is 2.00 bits per heavy atom. The maximum atomic E-state index is 10.8. The van der Waals surface area contributed by atoms with Crippen molar-refractivity contribution < 1.29 is 13.0 Å². The van der Waals surface area contributed by atoms with Crippen LogP contribution >= 0.6 is 11.6 Å². The van der Waals surface area contributed by atoms with Crippen molar-refractivity contribution in [1.29, 1.82) is 0 Å². The predicted octanol–water partition coefficient (Wildman–Crippen LogP) is 1.48. The summed E-state index contributed by atoms with van der Waals surface area (Å²) < 4.78 is 30.4. The fraction of sp³-hybridized carbons (Fsp3) is 0.143. The minimum atomic E-state index is -4.34. The van der Waals surface area contributed by atoms with Gasteiger partial charge in [-0.1, -0.05) is 17.7 Å². The zero-order valence-corrected chi connectivity index (χ0v) is 8.35. The Morgan fingerprint density at radius 1 is 1.46 bits per heavy atom. The third-order valence-corrected chi connectivity index (χ3v) is 3.01. The van der Waals surface area contributed by atoms with E-state index in [9.17, 15) is 8.42 Å². The van der Waals surface area contributed by atoms with Crippen LogP contribution in [0.4, 0.5) is 5.69 Å². The maximum Gasteiger partial charge on any atom is 0.298 e. The first-order chi connectivity index (χ1) is 5.84. The van der Waals surface area contributed by atoms with Crippen LogP contribution in [0, 0.1) is 6.92 Å². The van der Waals surface area contributed by atoms with Gasteiger partial charge in [-0.25, -0.2) is 0 Å². The van der Waals surface area contributed by atoms with Crippen LogP contribution < -0.4 is 5.73 Å². The number of nitrogen functional groups attached to an aromatic ring is 1. The SMILES string of the molecule is Cc1ccc(Cl)c(S(=O)(=O)O)c1N. The summed E-state index contributed by atoms with van der Waals surface area (Å²) in [4.78, 5) is -0.422. The summed E-state index contributed by atoms with van der Waals surface area (Å²) in [6, 6.07) is 2.95. The Kier molecular flexibility index (Phi) is 2.51. The highest BCUT2D eigenvalue weighted by molar-refractivity contribution is 7.86. The molecule has 72 valence electrons. The Morgan fingerprint density at radius 3 is 2.38 bits per heavy atom. The standard InChI is InChI=1S/C7H8ClNO3S/c1-4-2-3-5(8)7(6(4)9)13(10,11)12/h2-3H,9H2,1H3,(H,10,11,12). The van der Waals surface area contributed by atoms with E-state index in [2.05, 4.69) is 0 Å². The summed E-state index contributed by atoms with van der Waals surface area (Å²) in [6.07, 6.45) is 0. The molecule has 0 amide bonds. The fourth-order valence-electron chi connectivity index (χ4n) is 0.934. The molecule has 0 saturated heterocycles. The molecule has 0 aliphatic rings. The van der Waals surface area contributed by atoms with Crippen LogP contribution in [0.1, 0.15) is 5.56 Å². The van der Waals surface area contributed by atoms with E-state index in [4.69, 9.17) is 21.9 Å². The van der Waals surface area contributed by atoms with Crippen LogP contribution in [-0.2, 0) is 10.1 Å². The Hall–Kier alpha value is -0.780. The van der Waals surface area contributed by atoms with E-state index in [1.54, 1.807) is 13.0 Å². The molecule has 0 fully saturated rings. The van der Waals surface area contributed by atoms with Gasteiger partial charge in [0.2, 0.25) is 0 Å². The molecule has 0 saturated carbocycles. The first-order valence-corrected chi connectivity index (χ1v) is 5.18. The van der Waals surface area contributed by atoms with Crippen molar-refractivity contribution >= 4 is 27.4 Å². The summed E-state index contributed by atoms with van der Waals surface area (Å²) in [7, 11) is -4.34. The third-order valence-electron chi connectivity index (χ3n) is 1.62. The summed E-state index contributed by atoms with van der Waals surface area (Å²) >= 11 is 5.57. The lowest BCUT2D eigenvalue weighted by Gasteiger charge is -2.06. The molecule has 1 rings (SSSR count). The van der Waals surface area contributed by atoms with Crippen LogP contribution in [-0.4, -0.2) is 13.0 Å². The summed E-state index contributed by atoms with van der Waals surface area (Å²) in [5.74, 6) is 0. The molecule has 0 unspecified atom stereocenters. The molecule has 0 aliphatic carbocycles. The van der Waals surface area contributed by atoms with Crippen LogP contribution in [0.3, 0.4) is 0 Å². The normalized spacial score (nSPS) is 11.6. The van der Waals surface area contributed by atoms with E-state index in [1.165, 1.54) is 6.07 Å². The highest BCUT2D eigenvalue weighted by atomic mass is 35.5. The Bertz CT molecular complexity index is 441. The largest absolute Gasteiger partial charge is 0.397 e. The van der Waals surface area contributed by atoms with Gasteiger partial charge in [-0.15, -0.1) is 0 Å². The molecule has 0 atom stereocenters. The summed E-state index contributed by atoms with van der Waals surface area (Å²) in [6.45, 7) is 1.63. The quantitative estimate of drug-likeness (QED) is 0.556. The van der Waals surface area contributed by atoms with E-state index in [1.807, 2.05) is 0 Å². The average Bonchev–Trinajstić information content (AvgIpc) is 1.95. The number of hydrogen-bond acceptors (Lipinski definition) is 3. The minimum absolute atomic E-state index is 0.0185. The molecule has 0 aliphatic heterocycles. The van der Waals surface area contributed by atoms with Crippen LogP contribution in [0.15, 0.2) is 17.0 Å². The molecule has 0 radical (unpaired) electrons. The molecular formula is C7H8ClNO3S. The molecule has 0 bridgehead atoms. The molecule has 6 heteroatoms. The number of nitrogens with two attached hydrogens (primary N) is 1. The lowest BCUT2D eigenvalue weighted by Crippen LogP contribution is -2.05. The Balaban J connectivity index is 3.62. The lowest BCUT2D eigenvalue weighted by molar-refractivity contribution is 0.483. The summed E-state index contributed by atoms with van der Waals surface area (Å²) in [5, 5.41) is -0.0781. The fourth-order valence-corrected chi connectivity index (χ4v) is 2.14. The second kappa shape index (κ2) is 3.17. The molecule has 1 aromatic rings. The highest BCUT2D eigenvalue weighted by Crippen LogP contribution is 2.29. The first kappa shape index (κ1) is 10.3.